The van der Waals surface area contributed by atoms with Gasteiger partial charge in [-0.2, -0.15) is 0 Å². The van der Waals surface area contributed by atoms with E-state index in [9.17, 15) is 0 Å². The van der Waals surface area contributed by atoms with Crippen LogP contribution in [-0.2, 0) is 0 Å². The van der Waals surface area contributed by atoms with Crippen molar-refractivity contribution in [1.82, 2.24) is 19.6 Å². The first-order chi connectivity index (χ1) is 13.1. The van der Waals surface area contributed by atoms with Gasteiger partial charge in [0.05, 0.1) is 0 Å². The summed E-state index contributed by atoms with van der Waals surface area (Å²) in [6.45, 7) is 13.2. The van der Waals surface area contributed by atoms with E-state index in [-0.39, 0.29) is 0 Å². The number of hydrogen-bond acceptors (Lipinski definition) is 4. The molecule has 0 bridgehead atoms. The fourth-order valence-corrected chi connectivity index (χ4v) is 3.80. The normalized spacial score (nSPS) is 20.4. The zero-order chi connectivity index (χ0) is 19.7. The third-order valence-electron chi connectivity index (χ3n) is 6.15. The van der Waals surface area contributed by atoms with E-state index in [1.54, 1.807) is 0 Å². The maximum absolute atomic E-state index is 2.71. The summed E-state index contributed by atoms with van der Waals surface area (Å²) in [5, 5.41) is 0. The third kappa shape index (κ3) is 14.5. The summed E-state index contributed by atoms with van der Waals surface area (Å²) < 4.78 is 0. The molecule has 1 aliphatic heterocycles. The molecular weight excluding hydrogens is 332 g/mol. The van der Waals surface area contributed by atoms with E-state index in [4.69, 9.17) is 0 Å². The van der Waals surface area contributed by atoms with Gasteiger partial charge in [0.25, 0.3) is 0 Å². The van der Waals surface area contributed by atoms with E-state index >= 15 is 0 Å². The maximum atomic E-state index is 2.71. The van der Waals surface area contributed by atoms with E-state index in [1.807, 2.05) is 0 Å². The summed E-state index contributed by atoms with van der Waals surface area (Å²) in [4.78, 5) is 10.2. The zero-order valence-electron chi connectivity index (χ0n) is 19.2. The summed E-state index contributed by atoms with van der Waals surface area (Å²) >= 11 is 0. The van der Waals surface area contributed by atoms with Crippen molar-refractivity contribution in [1.29, 1.82) is 0 Å². The molecular formula is C23H50N4. The minimum Gasteiger partial charge on any atom is -0.304 e. The molecule has 0 atom stereocenters. The first-order valence-corrected chi connectivity index (χ1v) is 11.9. The standard InChI is InChI=1S/C23H50N4/c1-5-6-7-8-9-10-11-12-13-14-15-27-22-20-25(3)18-16-24(2)17-19-26(4)21-23-27/h5-23H2,1-4H3. The van der Waals surface area contributed by atoms with Gasteiger partial charge in [-0.25, -0.2) is 0 Å². The number of likely N-dealkylation sites (N-methyl/N-ethyl adjacent to an activating group) is 3. The van der Waals surface area contributed by atoms with E-state index in [0.717, 1.165) is 0 Å². The zero-order valence-corrected chi connectivity index (χ0v) is 19.2. The van der Waals surface area contributed by atoms with Crippen LogP contribution in [0.2, 0.25) is 0 Å². The molecule has 4 heteroatoms. The first-order valence-electron chi connectivity index (χ1n) is 11.9. The molecule has 0 aliphatic carbocycles. The second kappa shape index (κ2) is 16.8. The molecule has 1 saturated heterocycles. The molecule has 1 fully saturated rings. The molecule has 162 valence electrons. The van der Waals surface area contributed by atoms with E-state index < -0.39 is 0 Å². The highest BCUT2D eigenvalue weighted by molar-refractivity contribution is 4.68. The Morgan fingerprint density at radius 3 is 1.19 bits per heavy atom. The van der Waals surface area contributed by atoms with Crippen LogP contribution in [0, 0.1) is 0 Å². The molecule has 0 aromatic heterocycles. The number of rotatable bonds is 11. The van der Waals surface area contributed by atoms with Gasteiger partial charge < -0.3 is 19.6 Å². The van der Waals surface area contributed by atoms with Gasteiger partial charge in [-0.1, -0.05) is 64.7 Å². The van der Waals surface area contributed by atoms with Crippen molar-refractivity contribution in [3.63, 3.8) is 0 Å². The molecule has 0 aromatic carbocycles. The van der Waals surface area contributed by atoms with Crippen LogP contribution in [0.1, 0.15) is 71.1 Å². The molecule has 4 nitrogen and oxygen atoms in total. The topological polar surface area (TPSA) is 13.0 Å². The Hall–Kier alpha value is -0.160. The lowest BCUT2D eigenvalue weighted by Gasteiger charge is -2.30. The molecule has 0 aromatic rings. The molecule has 1 aliphatic rings. The first kappa shape index (κ1) is 24.9. The number of hydrogen-bond donors (Lipinski definition) is 0. The van der Waals surface area contributed by atoms with Crippen molar-refractivity contribution in [2.75, 3.05) is 80.0 Å². The quantitative estimate of drug-likeness (QED) is 0.500. The van der Waals surface area contributed by atoms with Crippen LogP contribution in [0.5, 0.6) is 0 Å². The van der Waals surface area contributed by atoms with Crippen molar-refractivity contribution < 1.29 is 0 Å². The van der Waals surface area contributed by atoms with Gasteiger partial charge in [0, 0.05) is 52.4 Å². The minimum absolute atomic E-state index is 1.18. The van der Waals surface area contributed by atoms with Crippen LogP contribution < -0.4 is 0 Å². The lowest BCUT2D eigenvalue weighted by Crippen LogP contribution is -2.43. The highest BCUT2D eigenvalue weighted by Crippen LogP contribution is 2.11. The molecule has 0 radical (unpaired) electrons. The summed E-state index contributed by atoms with van der Waals surface area (Å²) in [6, 6.07) is 0. The number of nitrogens with zero attached hydrogens (tertiary/aromatic N) is 4. The predicted octanol–water partition coefficient (Wildman–Crippen LogP) is 4.02. The summed E-state index contributed by atoms with van der Waals surface area (Å²) in [7, 11) is 6.82. The summed E-state index contributed by atoms with van der Waals surface area (Å²) in [6.07, 6.45) is 14.3. The summed E-state index contributed by atoms with van der Waals surface area (Å²) in [5.74, 6) is 0. The Kier molecular flexibility index (Phi) is 15.4. The fourth-order valence-electron chi connectivity index (χ4n) is 3.80. The minimum atomic E-state index is 1.18. The van der Waals surface area contributed by atoms with E-state index in [1.165, 1.54) is 123 Å². The Bertz CT molecular complexity index is 306. The largest absolute Gasteiger partial charge is 0.304 e. The van der Waals surface area contributed by atoms with Gasteiger partial charge in [-0.3, -0.25) is 0 Å². The van der Waals surface area contributed by atoms with Gasteiger partial charge in [-0.05, 0) is 34.1 Å². The average molecular weight is 383 g/mol. The maximum Gasteiger partial charge on any atom is 0.0110 e. The SMILES string of the molecule is CCCCCCCCCCCCN1CCN(C)CCN(C)CCN(C)CC1. The van der Waals surface area contributed by atoms with Gasteiger partial charge in [0.1, 0.15) is 0 Å². The van der Waals surface area contributed by atoms with Crippen LogP contribution in [-0.4, -0.2) is 99.6 Å². The molecule has 1 heterocycles. The lowest BCUT2D eigenvalue weighted by molar-refractivity contribution is 0.164. The Balaban J connectivity index is 2.15. The van der Waals surface area contributed by atoms with Crippen molar-refractivity contribution >= 4 is 0 Å². The molecule has 1 rings (SSSR count). The smallest absolute Gasteiger partial charge is 0.0110 e. The van der Waals surface area contributed by atoms with E-state index in [2.05, 4.69) is 47.7 Å². The molecule has 0 spiro atoms. The van der Waals surface area contributed by atoms with Gasteiger partial charge in [0.15, 0.2) is 0 Å². The molecule has 0 unspecified atom stereocenters. The highest BCUT2D eigenvalue weighted by Gasteiger charge is 2.11. The van der Waals surface area contributed by atoms with Crippen molar-refractivity contribution in [3.8, 4) is 0 Å². The molecule has 27 heavy (non-hydrogen) atoms. The van der Waals surface area contributed by atoms with Crippen LogP contribution in [0.3, 0.4) is 0 Å². The van der Waals surface area contributed by atoms with Crippen LogP contribution in [0.25, 0.3) is 0 Å². The molecule has 0 amide bonds. The Labute approximate surface area is 171 Å². The van der Waals surface area contributed by atoms with Crippen molar-refractivity contribution in [2.45, 2.75) is 71.1 Å². The van der Waals surface area contributed by atoms with Gasteiger partial charge in [0.2, 0.25) is 0 Å². The van der Waals surface area contributed by atoms with Crippen molar-refractivity contribution in [3.05, 3.63) is 0 Å². The Morgan fingerprint density at radius 2 is 0.778 bits per heavy atom. The second-order valence-electron chi connectivity index (χ2n) is 8.93. The Morgan fingerprint density at radius 1 is 0.444 bits per heavy atom. The lowest BCUT2D eigenvalue weighted by atomic mass is 10.1. The van der Waals surface area contributed by atoms with E-state index in [0.29, 0.717) is 0 Å². The fraction of sp³-hybridized carbons (Fsp3) is 1.00. The monoisotopic (exact) mass is 382 g/mol. The number of unbranched alkanes of at least 4 members (excludes halogenated alkanes) is 9. The molecule has 0 saturated carbocycles. The highest BCUT2D eigenvalue weighted by atomic mass is 15.2. The van der Waals surface area contributed by atoms with Gasteiger partial charge in [-0.15, -0.1) is 0 Å². The third-order valence-corrected chi connectivity index (χ3v) is 6.15. The average Bonchev–Trinajstić information content (AvgIpc) is 2.66. The predicted molar refractivity (Wildman–Crippen MR) is 121 cm³/mol. The second-order valence-corrected chi connectivity index (χ2v) is 8.93. The van der Waals surface area contributed by atoms with Gasteiger partial charge >= 0.3 is 0 Å². The molecule has 0 N–H and O–H groups in total. The van der Waals surface area contributed by atoms with Crippen LogP contribution in [0.15, 0.2) is 0 Å². The van der Waals surface area contributed by atoms with Crippen LogP contribution in [0.4, 0.5) is 0 Å². The van der Waals surface area contributed by atoms with Crippen molar-refractivity contribution in [2.24, 2.45) is 0 Å². The van der Waals surface area contributed by atoms with Crippen LogP contribution >= 0.6 is 0 Å². The summed E-state index contributed by atoms with van der Waals surface area (Å²) in [5.41, 5.74) is 0.